The number of rotatable bonds is 7. The summed E-state index contributed by atoms with van der Waals surface area (Å²) in [7, 11) is 0. The van der Waals surface area contributed by atoms with E-state index in [0.29, 0.717) is 18.7 Å². The molecule has 1 heterocycles. The lowest BCUT2D eigenvalue weighted by Crippen LogP contribution is -2.17. The Morgan fingerprint density at radius 2 is 2.30 bits per heavy atom. The zero-order valence-electron chi connectivity index (χ0n) is 10.7. The zero-order chi connectivity index (χ0) is 14.4. The van der Waals surface area contributed by atoms with Crippen LogP contribution < -0.4 is 5.32 Å². The first kappa shape index (κ1) is 14.1. The number of halogens is 1. The largest absolute Gasteiger partial charge is 0.312 e. The van der Waals surface area contributed by atoms with Crippen molar-refractivity contribution >= 4 is 5.69 Å². The molecular weight excluding hydrogens is 265 g/mol. The predicted molar refractivity (Wildman–Crippen MR) is 69.4 cm³/mol. The van der Waals surface area contributed by atoms with Crippen LogP contribution in [0, 0.1) is 15.9 Å². The van der Waals surface area contributed by atoms with Crippen LogP contribution >= 0.6 is 0 Å². The molecule has 0 aliphatic heterocycles. The summed E-state index contributed by atoms with van der Waals surface area (Å²) in [5, 5.41) is 21.2. The fraction of sp³-hybridized carbons (Fsp3) is 0.333. The Morgan fingerprint density at radius 3 is 3.00 bits per heavy atom. The summed E-state index contributed by atoms with van der Waals surface area (Å²) < 4.78 is 15.5. The third-order valence-corrected chi connectivity index (χ3v) is 2.78. The Hall–Kier alpha value is -2.35. The second-order valence-electron chi connectivity index (χ2n) is 4.20. The number of nitrogens with zero attached hydrogens (tertiary/aromatic N) is 4. The van der Waals surface area contributed by atoms with Crippen LogP contribution in [0.3, 0.4) is 0 Å². The van der Waals surface area contributed by atoms with Crippen LogP contribution in [0.4, 0.5) is 10.1 Å². The molecule has 1 N–H and O–H groups in total. The molecule has 8 heteroatoms. The Balaban J connectivity index is 1.79. The molecule has 0 amide bonds. The van der Waals surface area contributed by atoms with E-state index in [9.17, 15) is 14.5 Å². The molecule has 0 radical (unpaired) electrons. The van der Waals surface area contributed by atoms with Crippen molar-refractivity contribution in [3.05, 3.63) is 52.1 Å². The molecule has 0 aliphatic rings. The van der Waals surface area contributed by atoms with Gasteiger partial charge in [0, 0.05) is 30.9 Å². The molecule has 7 nitrogen and oxygen atoms in total. The topological polar surface area (TPSA) is 85.9 Å². The van der Waals surface area contributed by atoms with Crippen molar-refractivity contribution < 1.29 is 9.31 Å². The third-order valence-electron chi connectivity index (χ3n) is 2.78. The molecule has 2 aromatic rings. The second kappa shape index (κ2) is 6.71. The van der Waals surface area contributed by atoms with Crippen molar-refractivity contribution in [2.45, 2.75) is 19.5 Å². The predicted octanol–water partition coefficient (Wildman–Crippen LogP) is 1.51. The van der Waals surface area contributed by atoms with Crippen LogP contribution in [0.1, 0.15) is 12.0 Å². The fourth-order valence-electron chi connectivity index (χ4n) is 1.78. The van der Waals surface area contributed by atoms with Gasteiger partial charge in [0.25, 0.3) is 0 Å². The van der Waals surface area contributed by atoms with Crippen LogP contribution in [-0.4, -0.2) is 26.5 Å². The molecule has 0 saturated heterocycles. The molecule has 1 aromatic heterocycles. The monoisotopic (exact) mass is 279 g/mol. The van der Waals surface area contributed by atoms with E-state index < -0.39 is 16.4 Å². The van der Waals surface area contributed by atoms with E-state index in [1.807, 2.05) is 0 Å². The number of aryl methyl sites for hydroxylation is 1. The maximum atomic E-state index is 13.8. The molecule has 1 aromatic carbocycles. The Morgan fingerprint density at radius 1 is 1.45 bits per heavy atom. The van der Waals surface area contributed by atoms with E-state index >= 15 is 0 Å². The van der Waals surface area contributed by atoms with Crippen molar-refractivity contribution in [2.75, 3.05) is 6.54 Å². The number of nitro benzene ring substituents is 1. The molecule has 0 saturated carbocycles. The first-order valence-corrected chi connectivity index (χ1v) is 6.15. The van der Waals surface area contributed by atoms with Crippen molar-refractivity contribution in [1.82, 2.24) is 20.3 Å². The van der Waals surface area contributed by atoms with Gasteiger partial charge in [-0.3, -0.25) is 14.8 Å². The molecule has 0 spiro atoms. The van der Waals surface area contributed by atoms with Gasteiger partial charge in [-0.15, -0.1) is 5.10 Å². The zero-order valence-corrected chi connectivity index (χ0v) is 10.7. The van der Waals surface area contributed by atoms with E-state index in [1.165, 1.54) is 12.1 Å². The molecule has 0 aliphatic carbocycles. The number of hydrogen-bond donors (Lipinski definition) is 1. The highest BCUT2D eigenvalue weighted by molar-refractivity contribution is 5.36. The minimum Gasteiger partial charge on any atom is -0.312 e. The van der Waals surface area contributed by atoms with Gasteiger partial charge in [-0.25, -0.2) is 0 Å². The number of nitrogens with one attached hydrogen (secondary N) is 1. The Bertz CT molecular complexity index is 573. The van der Waals surface area contributed by atoms with Crippen LogP contribution in [0.2, 0.25) is 0 Å². The lowest BCUT2D eigenvalue weighted by Gasteiger charge is -2.06. The average Bonchev–Trinajstić information content (AvgIpc) is 2.93. The summed E-state index contributed by atoms with van der Waals surface area (Å²) in [5.41, 5.74) is -0.202. The molecule has 0 bridgehead atoms. The molecule has 106 valence electrons. The van der Waals surface area contributed by atoms with Crippen LogP contribution in [0.25, 0.3) is 0 Å². The molecular formula is C12H14FN5O2. The summed E-state index contributed by atoms with van der Waals surface area (Å²) in [4.78, 5) is 9.89. The summed E-state index contributed by atoms with van der Waals surface area (Å²) in [5.74, 6) is -0.777. The van der Waals surface area contributed by atoms with Gasteiger partial charge in [-0.05, 0) is 13.0 Å². The molecule has 0 fully saturated rings. The number of benzene rings is 1. The highest BCUT2D eigenvalue weighted by atomic mass is 19.1. The van der Waals surface area contributed by atoms with Crippen molar-refractivity contribution in [3.63, 3.8) is 0 Å². The maximum absolute atomic E-state index is 13.8. The van der Waals surface area contributed by atoms with Crippen LogP contribution in [0.15, 0.2) is 30.6 Å². The molecule has 0 atom stereocenters. The Kier molecular flexibility index (Phi) is 4.72. The SMILES string of the molecule is O=[N+]([O-])c1cccc(CNCCCn2ccnn2)c1F. The molecule has 2 rings (SSSR count). The van der Waals surface area contributed by atoms with Crippen molar-refractivity contribution in [1.29, 1.82) is 0 Å². The van der Waals surface area contributed by atoms with E-state index in [1.54, 1.807) is 17.1 Å². The number of aromatic nitrogens is 3. The van der Waals surface area contributed by atoms with E-state index in [0.717, 1.165) is 12.5 Å². The van der Waals surface area contributed by atoms with Crippen molar-refractivity contribution in [3.8, 4) is 0 Å². The number of nitro groups is 1. The summed E-state index contributed by atoms with van der Waals surface area (Å²) in [6.07, 6.45) is 4.17. The quantitative estimate of drug-likeness (QED) is 0.471. The molecule has 20 heavy (non-hydrogen) atoms. The number of hydrogen-bond acceptors (Lipinski definition) is 5. The first-order chi connectivity index (χ1) is 9.68. The van der Waals surface area contributed by atoms with E-state index in [4.69, 9.17) is 0 Å². The standard InChI is InChI=1S/C12H14FN5O2/c13-12-10(3-1-4-11(12)18(19)20)9-14-5-2-7-17-8-6-15-16-17/h1,3-4,6,8,14H,2,5,7,9H2. The second-order valence-corrected chi connectivity index (χ2v) is 4.20. The van der Waals surface area contributed by atoms with Gasteiger partial charge < -0.3 is 5.32 Å². The normalized spacial score (nSPS) is 10.7. The minimum atomic E-state index is -0.777. The van der Waals surface area contributed by atoms with Gasteiger partial charge in [-0.1, -0.05) is 17.3 Å². The fourth-order valence-corrected chi connectivity index (χ4v) is 1.78. The van der Waals surface area contributed by atoms with Crippen molar-refractivity contribution in [2.24, 2.45) is 0 Å². The summed E-state index contributed by atoms with van der Waals surface area (Å²) >= 11 is 0. The van der Waals surface area contributed by atoms with Gasteiger partial charge in [0.1, 0.15) is 0 Å². The Labute approximate surface area is 114 Å². The van der Waals surface area contributed by atoms with Gasteiger partial charge >= 0.3 is 5.69 Å². The summed E-state index contributed by atoms with van der Waals surface area (Å²) in [6, 6.07) is 4.17. The first-order valence-electron chi connectivity index (χ1n) is 6.15. The minimum absolute atomic E-state index is 0.255. The molecule has 0 unspecified atom stereocenters. The van der Waals surface area contributed by atoms with Crippen LogP contribution in [-0.2, 0) is 13.1 Å². The van der Waals surface area contributed by atoms with Gasteiger partial charge in [0.15, 0.2) is 0 Å². The highest BCUT2D eigenvalue weighted by Gasteiger charge is 2.16. The van der Waals surface area contributed by atoms with E-state index in [-0.39, 0.29) is 6.54 Å². The maximum Gasteiger partial charge on any atom is 0.305 e. The van der Waals surface area contributed by atoms with Gasteiger partial charge in [0.2, 0.25) is 5.82 Å². The highest BCUT2D eigenvalue weighted by Crippen LogP contribution is 2.19. The van der Waals surface area contributed by atoms with Gasteiger partial charge in [-0.2, -0.15) is 4.39 Å². The average molecular weight is 279 g/mol. The van der Waals surface area contributed by atoms with E-state index in [2.05, 4.69) is 15.6 Å². The van der Waals surface area contributed by atoms with Crippen LogP contribution in [0.5, 0.6) is 0 Å². The lowest BCUT2D eigenvalue weighted by molar-refractivity contribution is -0.387. The smallest absolute Gasteiger partial charge is 0.305 e. The lowest BCUT2D eigenvalue weighted by atomic mass is 10.2. The third kappa shape index (κ3) is 3.58. The summed E-state index contributed by atoms with van der Waals surface area (Å²) in [6.45, 7) is 1.62. The van der Waals surface area contributed by atoms with Gasteiger partial charge in [0.05, 0.1) is 11.1 Å².